The van der Waals surface area contributed by atoms with E-state index in [1.807, 2.05) is 0 Å². The van der Waals surface area contributed by atoms with E-state index in [9.17, 15) is 14.4 Å². The first-order valence-corrected chi connectivity index (χ1v) is 27.4. The van der Waals surface area contributed by atoms with Crippen molar-refractivity contribution >= 4 is 17.9 Å². The smallest absolute Gasteiger partial charge is 0.306 e. The van der Waals surface area contributed by atoms with Gasteiger partial charge in [-0.2, -0.15) is 0 Å². The molecule has 6 heteroatoms. The molecule has 0 bridgehead atoms. The largest absolute Gasteiger partial charge is 0.462 e. The molecule has 0 aromatic rings. The van der Waals surface area contributed by atoms with Crippen molar-refractivity contribution in [1.29, 1.82) is 0 Å². The number of hydrogen-bond acceptors (Lipinski definition) is 6. The zero-order valence-electron chi connectivity index (χ0n) is 42.7. The molecule has 0 rings (SSSR count). The molecule has 0 amide bonds. The van der Waals surface area contributed by atoms with Gasteiger partial charge >= 0.3 is 17.9 Å². The van der Waals surface area contributed by atoms with E-state index < -0.39 is 6.10 Å². The monoisotopic (exact) mass is 907 g/mol. The number of carbonyl (C=O) groups is 3. The summed E-state index contributed by atoms with van der Waals surface area (Å²) < 4.78 is 16.8. The maximum atomic E-state index is 12.8. The molecule has 0 N–H and O–H groups in total. The minimum Gasteiger partial charge on any atom is -0.462 e. The Bertz CT molecular complexity index is 1230. The van der Waals surface area contributed by atoms with Gasteiger partial charge in [-0.15, -0.1) is 0 Å². The molecule has 0 aliphatic rings. The molecule has 0 heterocycles. The molecular weight excluding hydrogens is 805 g/mol. The van der Waals surface area contributed by atoms with Gasteiger partial charge in [0.05, 0.1) is 0 Å². The van der Waals surface area contributed by atoms with Crippen LogP contribution < -0.4 is 0 Å². The summed E-state index contributed by atoms with van der Waals surface area (Å²) >= 11 is 0. The van der Waals surface area contributed by atoms with Crippen molar-refractivity contribution in [1.82, 2.24) is 0 Å². The van der Waals surface area contributed by atoms with Crippen molar-refractivity contribution in [2.24, 2.45) is 0 Å². The summed E-state index contributed by atoms with van der Waals surface area (Å²) in [7, 11) is 0. The Balaban J connectivity index is 4.41. The van der Waals surface area contributed by atoms with Gasteiger partial charge in [0.2, 0.25) is 0 Å². The first-order valence-electron chi connectivity index (χ1n) is 27.4. The maximum absolute atomic E-state index is 12.8. The van der Waals surface area contributed by atoms with Gasteiger partial charge in [0.25, 0.3) is 0 Å². The van der Waals surface area contributed by atoms with E-state index in [-0.39, 0.29) is 31.1 Å². The van der Waals surface area contributed by atoms with Crippen molar-refractivity contribution in [3.63, 3.8) is 0 Å². The average molecular weight is 907 g/mol. The third kappa shape index (κ3) is 51.7. The Labute approximate surface area is 402 Å². The fraction of sp³-hybridized carbons (Fsp3) is 0.746. The van der Waals surface area contributed by atoms with Crippen molar-refractivity contribution in [2.45, 2.75) is 271 Å². The van der Waals surface area contributed by atoms with E-state index in [0.29, 0.717) is 19.3 Å². The Morgan fingerprint density at radius 2 is 0.600 bits per heavy atom. The molecule has 0 aromatic heterocycles. The topological polar surface area (TPSA) is 78.9 Å². The van der Waals surface area contributed by atoms with Gasteiger partial charge < -0.3 is 14.2 Å². The Morgan fingerprint density at radius 3 is 0.969 bits per heavy atom. The van der Waals surface area contributed by atoms with Gasteiger partial charge in [-0.3, -0.25) is 14.4 Å². The van der Waals surface area contributed by atoms with Crippen molar-refractivity contribution in [3.8, 4) is 0 Å². The van der Waals surface area contributed by atoms with Gasteiger partial charge in [0.15, 0.2) is 6.10 Å². The highest BCUT2D eigenvalue weighted by Gasteiger charge is 2.19. The quantitative estimate of drug-likeness (QED) is 0.0262. The van der Waals surface area contributed by atoms with Crippen LogP contribution in [-0.2, 0) is 28.6 Å². The highest BCUT2D eigenvalue weighted by molar-refractivity contribution is 5.71. The summed E-state index contributed by atoms with van der Waals surface area (Å²) in [6, 6.07) is 0. The van der Waals surface area contributed by atoms with Crippen LogP contribution in [0.25, 0.3) is 0 Å². The molecular formula is C59H102O6. The van der Waals surface area contributed by atoms with Crippen LogP contribution in [0.4, 0.5) is 0 Å². The zero-order chi connectivity index (χ0) is 47.2. The second kappa shape index (κ2) is 53.5. The number of rotatable bonds is 49. The minimum absolute atomic E-state index is 0.0874. The molecule has 6 nitrogen and oxygen atoms in total. The summed E-state index contributed by atoms with van der Waals surface area (Å²) in [6.45, 7) is 6.49. The number of carbonyl (C=O) groups excluding carboxylic acids is 3. The molecule has 65 heavy (non-hydrogen) atoms. The van der Waals surface area contributed by atoms with Gasteiger partial charge in [-0.05, 0) is 109 Å². The van der Waals surface area contributed by atoms with Crippen LogP contribution in [-0.4, -0.2) is 37.2 Å². The molecule has 374 valence electrons. The van der Waals surface area contributed by atoms with Crippen molar-refractivity contribution in [3.05, 3.63) is 72.9 Å². The van der Waals surface area contributed by atoms with Crippen LogP contribution >= 0.6 is 0 Å². The lowest BCUT2D eigenvalue weighted by Gasteiger charge is -2.18. The van der Waals surface area contributed by atoms with E-state index in [2.05, 4.69) is 93.7 Å². The van der Waals surface area contributed by atoms with E-state index >= 15 is 0 Å². The maximum Gasteiger partial charge on any atom is 0.306 e. The summed E-state index contributed by atoms with van der Waals surface area (Å²) in [4.78, 5) is 38.1. The normalized spacial score (nSPS) is 12.6. The molecule has 0 saturated carbocycles. The molecule has 0 saturated heterocycles. The summed E-state index contributed by atoms with van der Waals surface area (Å²) in [6.07, 6.45) is 67.4. The van der Waals surface area contributed by atoms with E-state index in [4.69, 9.17) is 14.2 Å². The van der Waals surface area contributed by atoms with Crippen LogP contribution in [0, 0.1) is 0 Å². The van der Waals surface area contributed by atoms with E-state index in [1.54, 1.807) is 0 Å². The van der Waals surface area contributed by atoms with Crippen molar-refractivity contribution in [2.75, 3.05) is 13.2 Å². The Hall–Kier alpha value is -3.15. The summed E-state index contributed by atoms with van der Waals surface area (Å²) in [5.74, 6) is -0.913. The van der Waals surface area contributed by atoms with E-state index in [1.165, 1.54) is 116 Å². The number of esters is 3. The molecule has 0 aliphatic carbocycles. The summed E-state index contributed by atoms with van der Waals surface area (Å²) in [5, 5.41) is 0. The van der Waals surface area contributed by atoms with E-state index in [0.717, 1.165) is 109 Å². The van der Waals surface area contributed by atoms with Crippen LogP contribution in [0.5, 0.6) is 0 Å². The third-order valence-corrected chi connectivity index (χ3v) is 11.7. The Morgan fingerprint density at radius 1 is 0.323 bits per heavy atom. The SMILES string of the molecule is CC/C=C\C/C=C\C/C=C\C/C=C\CCCCCCCCC(=O)OCC(COC(=O)CCCCCCC/C=C\CCCCCC)OC(=O)CCCCCCC/C=C\CCCCCCCC. The predicted octanol–water partition coefficient (Wildman–Crippen LogP) is 18.2. The van der Waals surface area contributed by atoms with Crippen LogP contribution in [0.2, 0.25) is 0 Å². The standard InChI is InChI=1S/C59H102O6/c1-4-7-10-13-16-19-22-25-27-28-29-30-32-34-37-40-43-46-49-52-58(61)64-55-56(54-63-57(60)51-48-45-42-39-36-33-24-21-18-15-12-9-6-3)65-59(62)53-50-47-44-41-38-35-31-26-23-20-17-14-11-8-5-2/h7,10,16,19,21,24-27,29-31,56H,4-6,8-9,11-15,17-18,20,22-23,28,32-55H2,1-3H3/b10-7-,19-16-,24-21-,27-25-,30-29-,31-26-. The first kappa shape index (κ1) is 61.9. The highest BCUT2D eigenvalue weighted by Crippen LogP contribution is 2.14. The molecule has 0 fully saturated rings. The van der Waals surface area contributed by atoms with Crippen LogP contribution in [0.1, 0.15) is 265 Å². The van der Waals surface area contributed by atoms with Gasteiger partial charge in [-0.25, -0.2) is 0 Å². The molecule has 0 spiro atoms. The fourth-order valence-electron chi connectivity index (χ4n) is 7.54. The molecule has 0 aromatic carbocycles. The lowest BCUT2D eigenvalue weighted by atomic mass is 10.1. The molecule has 0 aliphatic heterocycles. The molecule has 1 atom stereocenters. The second-order valence-electron chi connectivity index (χ2n) is 18.1. The zero-order valence-corrected chi connectivity index (χ0v) is 42.7. The number of ether oxygens (including phenoxy) is 3. The number of unbranched alkanes of at least 4 members (excludes halogenated alkanes) is 26. The van der Waals surface area contributed by atoms with Gasteiger partial charge in [-0.1, -0.05) is 209 Å². The average Bonchev–Trinajstić information content (AvgIpc) is 3.30. The summed E-state index contributed by atoms with van der Waals surface area (Å²) in [5.41, 5.74) is 0. The third-order valence-electron chi connectivity index (χ3n) is 11.7. The highest BCUT2D eigenvalue weighted by atomic mass is 16.6. The molecule has 0 radical (unpaired) electrons. The van der Waals surface area contributed by atoms with Gasteiger partial charge in [0, 0.05) is 19.3 Å². The van der Waals surface area contributed by atoms with Crippen LogP contribution in [0.15, 0.2) is 72.9 Å². The lowest BCUT2D eigenvalue weighted by molar-refractivity contribution is -0.167. The number of allylic oxidation sites excluding steroid dienone is 12. The fourth-order valence-corrected chi connectivity index (χ4v) is 7.54. The van der Waals surface area contributed by atoms with Crippen molar-refractivity contribution < 1.29 is 28.6 Å². The van der Waals surface area contributed by atoms with Crippen LogP contribution in [0.3, 0.4) is 0 Å². The predicted molar refractivity (Wildman–Crippen MR) is 279 cm³/mol. The minimum atomic E-state index is -0.788. The second-order valence-corrected chi connectivity index (χ2v) is 18.1. The first-order chi connectivity index (χ1) is 32.0. The number of hydrogen-bond donors (Lipinski definition) is 0. The van der Waals surface area contributed by atoms with Gasteiger partial charge in [0.1, 0.15) is 13.2 Å². The lowest BCUT2D eigenvalue weighted by Crippen LogP contribution is -2.30. The Kier molecular flexibility index (Phi) is 50.9. The molecule has 1 unspecified atom stereocenters.